The maximum Gasteiger partial charge on any atom is 0.139 e. The van der Waals surface area contributed by atoms with E-state index in [9.17, 15) is 0 Å². The largest absolute Gasteiger partial charge is 0.247 e. The monoisotopic (exact) mass is 455 g/mol. The summed E-state index contributed by atoms with van der Waals surface area (Å²) in [6.07, 6.45) is 0. The van der Waals surface area contributed by atoms with Crippen LogP contribution in [0.5, 0.6) is 0 Å². The van der Waals surface area contributed by atoms with E-state index in [1.165, 1.54) is 55.4 Å². The highest BCUT2D eigenvalue weighted by Gasteiger charge is 2.53. The van der Waals surface area contributed by atoms with E-state index in [0.717, 1.165) is 16.8 Å². The van der Waals surface area contributed by atoms with Crippen molar-refractivity contribution in [2.75, 3.05) is 0 Å². The van der Waals surface area contributed by atoms with Crippen molar-refractivity contribution in [2.24, 2.45) is 0 Å². The van der Waals surface area contributed by atoms with Crippen molar-refractivity contribution in [3.05, 3.63) is 144 Å². The predicted octanol–water partition coefficient (Wildman–Crippen LogP) is 6.50. The Hall–Kier alpha value is -4.43. The van der Waals surface area contributed by atoms with E-state index < -0.39 is 0 Å². The lowest BCUT2D eigenvalue weighted by atomic mass is 9.69. The SMILES string of the molecule is Bc1ccc2c(c1)C1(c3ccccc3-2)c2ccccc2-c2c(-c3ccccc3)nc3ccccc3c21. The first-order valence-corrected chi connectivity index (χ1v) is 12.6. The number of para-hydroxylation sites is 1. The van der Waals surface area contributed by atoms with E-state index >= 15 is 0 Å². The van der Waals surface area contributed by atoms with Gasteiger partial charge in [0.1, 0.15) is 7.85 Å². The molecule has 166 valence electrons. The lowest BCUT2D eigenvalue weighted by Gasteiger charge is -2.31. The maximum absolute atomic E-state index is 5.30. The minimum absolute atomic E-state index is 0.379. The molecule has 1 spiro atoms. The molecule has 6 aromatic rings. The summed E-state index contributed by atoms with van der Waals surface area (Å²) in [5.74, 6) is 0. The number of fused-ring (bicyclic) bond motifs is 12. The average molecular weight is 455 g/mol. The summed E-state index contributed by atoms with van der Waals surface area (Å²) in [6, 6.07) is 44.3. The third-order valence-corrected chi connectivity index (χ3v) is 8.12. The summed E-state index contributed by atoms with van der Waals surface area (Å²) in [5.41, 5.74) is 14.8. The van der Waals surface area contributed by atoms with Crippen LogP contribution in [0.2, 0.25) is 0 Å². The molecule has 1 nitrogen and oxygen atoms in total. The first-order valence-electron chi connectivity index (χ1n) is 12.6. The van der Waals surface area contributed by atoms with E-state index in [4.69, 9.17) is 4.98 Å². The number of hydrogen-bond acceptors (Lipinski definition) is 1. The van der Waals surface area contributed by atoms with Gasteiger partial charge in [0.05, 0.1) is 16.6 Å². The molecular weight excluding hydrogens is 433 g/mol. The van der Waals surface area contributed by atoms with Crippen LogP contribution in [-0.4, -0.2) is 12.8 Å². The fourth-order valence-electron chi connectivity index (χ4n) is 6.78. The average Bonchev–Trinajstić information content (AvgIpc) is 3.40. The third kappa shape index (κ3) is 2.34. The summed E-state index contributed by atoms with van der Waals surface area (Å²) in [5, 5.41) is 1.23. The molecule has 2 heteroatoms. The fourth-order valence-corrected chi connectivity index (χ4v) is 6.78. The van der Waals surface area contributed by atoms with Crippen LogP contribution < -0.4 is 5.46 Å². The first-order chi connectivity index (χ1) is 17.8. The zero-order chi connectivity index (χ0) is 23.9. The second-order valence-electron chi connectivity index (χ2n) is 9.98. The number of nitrogens with zero attached hydrogens (tertiary/aromatic N) is 1. The molecule has 1 unspecified atom stereocenters. The second kappa shape index (κ2) is 7.05. The van der Waals surface area contributed by atoms with Crippen LogP contribution in [0.3, 0.4) is 0 Å². The van der Waals surface area contributed by atoms with Gasteiger partial charge in [-0.1, -0.05) is 121 Å². The van der Waals surface area contributed by atoms with Gasteiger partial charge in [-0.15, -0.1) is 0 Å². The highest BCUT2D eigenvalue weighted by molar-refractivity contribution is 6.32. The van der Waals surface area contributed by atoms with Crippen LogP contribution in [0.15, 0.2) is 121 Å². The highest BCUT2D eigenvalue weighted by atomic mass is 14.7. The van der Waals surface area contributed by atoms with Gasteiger partial charge >= 0.3 is 0 Å². The van der Waals surface area contributed by atoms with Gasteiger partial charge in [0, 0.05) is 16.5 Å². The zero-order valence-electron chi connectivity index (χ0n) is 20.0. The lowest BCUT2D eigenvalue weighted by molar-refractivity contribution is 0.801. The third-order valence-electron chi connectivity index (χ3n) is 8.12. The zero-order valence-corrected chi connectivity index (χ0v) is 20.0. The Labute approximate surface area is 211 Å². The molecule has 1 atom stereocenters. The van der Waals surface area contributed by atoms with Gasteiger partial charge in [0.25, 0.3) is 0 Å². The molecular formula is C34H22BN. The Balaban J connectivity index is 1.66. The number of aromatic nitrogens is 1. The van der Waals surface area contributed by atoms with Crippen molar-refractivity contribution in [3.63, 3.8) is 0 Å². The Morgan fingerprint density at radius 1 is 0.556 bits per heavy atom. The van der Waals surface area contributed by atoms with Crippen LogP contribution in [-0.2, 0) is 5.41 Å². The van der Waals surface area contributed by atoms with E-state index in [2.05, 4.69) is 129 Å². The van der Waals surface area contributed by atoms with E-state index in [-0.39, 0.29) is 5.41 Å². The topological polar surface area (TPSA) is 12.9 Å². The van der Waals surface area contributed by atoms with Crippen molar-refractivity contribution < 1.29 is 0 Å². The lowest BCUT2D eigenvalue weighted by Crippen LogP contribution is -2.27. The maximum atomic E-state index is 5.30. The number of pyridine rings is 1. The van der Waals surface area contributed by atoms with Gasteiger partial charge in [0.2, 0.25) is 0 Å². The quantitative estimate of drug-likeness (QED) is 0.258. The summed E-state index contributed by atoms with van der Waals surface area (Å²) in [4.78, 5) is 5.30. The van der Waals surface area contributed by atoms with Crippen molar-refractivity contribution in [3.8, 4) is 33.5 Å². The molecule has 1 heterocycles. The molecule has 1 aromatic heterocycles. The van der Waals surface area contributed by atoms with Crippen molar-refractivity contribution in [1.29, 1.82) is 0 Å². The minimum atomic E-state index is -0.379. The number of rotatable bonds is 1. The van der Waals surface area contributed by atoms with Crippen LogP contribution >= 0.6 is 0 Å². The molecule has 0 saturated heterocycles. The predicted molar refractivity (Wildman–Crippen MR) is 152 cm³/mol. The molecule has 0 bridgehead atoms. The molecule has 0 aliphatic heterocycles. The molecule has 0 amide bonds. The second-order valence-corrected chi connectivity index (χ2v) is 9.98. The van der Waals surface area contributed by atoms with Crippen molar-refractivity contribution in [2.45, 2.75) is 5.41 Å². The molecule has 5 aromatic carbocycles. The Bertz CT molecular complexity index is 1850. The van der Waals surface area contributed by atoms with Crippen LogP contribution in [0, 0.1) is 0 Å². The molecule has 0 fully saturated rings. The molecule has 8 rings (SSSR count). The number of benzene rings is 5. The van der Waals surface area contributed by atoms with Gasteiger partial charge in [-0.05, 0) is 45.0 Å². The molecule has 2 aliphatic rings. The molecule has 0 saturated carbocycles. The van der Waals surface area contributed by atoms with Crippen LogP contribution in [0.4, 0.5) is 0 Å². The van der Waals surface area contributed by atoms with Crippen molar-refractivity contribution >= 4 is 24.2 Å². The first kappa shape index (κ1) is 19.8. The van der Waals surface area contributed by atoms with E-state index in [1.807, 2.05) is 0 Å². The molecule has 36 heavy (non-hydrogen) atoms. The Kier molecular flexibility index (Phi) is 3.89. The molecule has 2 aliphatic carbocycles. The number of hydrogen-bond donors (Lipinski definition) is 0. The van der Waals surface area contributed by atoms with Gasteiger partial charge in [-0.25, -0.2) is 4.98 Å². The summed E-state index contributed by atoms with van der Waals surface area (Å²) >= 11 is 0. The van der Waals surface area contributed by atoms with Crippen LogP contribution in [0.25, 0.3) is 44.4 Å². The fraction of sp³-hybridized carbons (Fsp3) is 0.0294. The summed E-state index contributed by atoms with van der Waals surface area (Å²) in [6.45, 7) is 0. The van der Waals surface area contributed by atoms with Crippen LogP contribution in [0.1, 0.15) is 22.3 Å². The summed E-state index contributed by atoms with van der Waals surface area (Å²) in [7, 11) is 2.21. The summed E-state index contributed by atoms with van der Waals surface area (Å²) < 4.78 is 0. The highest BCUT2D eigenvalue weighted by Crippen LogP contribution is 2.64. The molecule has 0 N–H and O–H groups in total. The minimum Gasteiger partial charge on any atom is -0.247 e. The van der Waals surface area contributed by atoms with Gasteiger partial charge in [-0.2, -0.15) is 0 Å². The van der Waals surface area contributed by atoms with Crippen molar-refractivity contribution in [1.82, 2.24) is 4.98 Å². The smallest absolute Gasteiger partial charge is 0.139 e. The Morgan fingerprint density at radius 2 is 1.19 bits per heavy atom. The van der Waals surface area contributed by atoms with E-state index in [0.29, 0.717) is 0 Å². The molecule has 0 radical (unpaired) electrons. The van der Waals surface area contributed by atoms with Gasteiger partial charge in [0.15, 0.2) is 0 Å². The van der Waals surface area contributed by atoms with Gasteiger partial charge < -0.3 is 0 Å². The van der Waals surface area contributed by atoms with E-state index in [1.54, 1.807) is 0 Å². The Morgan fingerprint density at radius 3 is 2.03 bits per heavy atom. The van der Waals surface area contributed by atoms with Gasteiger partial charge in [-0.3, -0.25) is 0 Å². The normalized spacial score (nSPS) is 16.6. The standard InChI is InChI=1S/C34H22BN/c35-22-18-19-24-23-12-4-7-15-27(23)34(29(24)20-22)28-16-8-5-13-25(28)31-32(34)26-14-6-9-17-30(26)36-33(31)21-10-2-1-3-11-21/h1-20H,35H2.